The van der Waals surface area contributed by atoms with Gasteiger partial charge in [-0.1, -0.05) is 23.2 Å². The maximum absolute atomic E-state index is 10.6. The number of piperazine rings is 1. The van der Waals surface area contributed by atoms with Crippen LogP contribution in [0.25, 0.3) is 5.03 Å². The first-order chi connectivity index (χ1) is 19.2. The molecular formula is C30H40Cl2N6O2. The Morgan fingerprint density at radius 1 is 0.800 bits per heavy atom. The Labute approximate surface area is 247 Å². The van der Waals surface area contributed by atoms with Crippen LogP contribution in [0.1, 0.15) is 54.9 Å². The van der Waals surface area contributed by atoms with Gasteiger partial charge in [0.15, 0.2) is 5.60 Å². The number of aromatic nitrogens is 2. The number of ether oxygens (including phenoxy) is 1. The lowest BCUT2D eigenvalue weighted by Crippen LogP contribution is -2.54. The molecule has 3 fully saturated rings. The van der Waals surface area contributed by atoms with Crippen LogP contribution in [-0.4, -0.2) is 84.5 Å². The maximum Gasteiger partial charge on any atom is 0.229 e. The number of halogens is 2. The van der Waals surface area contributed by atoms with Gasteiger partial charge in [0.1, 0.15) is 23.1 Å². The van der Waals surface area contributed by atoms with E-state index in [1.807, 2.05) is 27.7 Å². The van der Waals surface area contributed by atoms with Crippen molar-refractivity contribution in [1.29, 1.82) is 0 Å². The van der Waals surface area contributed by atoms with Gasteiger partial charge in [0.2, 0.25) is 5.95 Å². The lowest BCUT2D eigenvalue weighted by Gasteiger charge is -2.43. The molecule has 0 spiro atoms. The highest BCUT2D eigenvalue weighted by Gasteiger charge is 2.42. The Morgan fingerprint density at radius 2 is 1.35 bits per heavy atom. The Hall–Kier alpha value is -2.42. The molecular weight excluding hydrogens is 547 g/mol. The van der Waals surface area contributed by atoms with Gasteiger partial charge in [0, 0.05) is 76.1 Å². The maximum atomic E-state index is 10.6. The van der Waals surface area contributed by atoms with Crippen LogP contribution in [0.5, 0.6) is 11.5 Å². The molecule has 0 saturated carbocycles. The molecule has 1 N–H and O–H groups in total. The van der Waals surface area contributed by atoms with E-state index >= 15 is 0 Å². The van der Waals surface area contributed by atoms with Gasteiger partial charge < -0.3 is 24.5 Å². The average molecular weight is 588 g/mol. The van der Waals surface area contributed by atoms with E-state index in [1.165, 1.54) is 25.7 Å². The van der Waals surface area contributed by atoms with Crippen LogP contribution < -0.4 is 19.4 Å². The number of phenols is 1. The van der Waals surface area contributed by atoms with Gasteiger partial charge in [0.25, 0.3) is 0 Å². The zero-order valence-corrected chi connectivity index (χ0v) is 25.6. The van der Waals surface area contributed by atoms with Crippen molar-refractivity contribution >= 4 is 45.8 Å². The molecule has 3 saturated heterocycles. The number of hydrogen-bond donors (Lipinski definition) is 1. The molecule has 0 amide bonds. The second-order valence-electron chi connectivity index (χ2n) is 11.9. The zero-order chi connectivity index (χ0) is 28.2. The number of fused-ring (bicyclic) bond motifs is 1. The number of nitrogens with zero attached hydrogens (tertiary/aromatic N) is 6. The predicted molar refractivity (Wildman–Crippen MR) is 164 cm³/mol. The molecule has 4 aliphatic heterocycles. The van der Waals surface area contributed by atoms with E-state index in [2.05, 4.69) is 25.7 Å². The van der Waals surface area contributed by atoms with E-state index < -0.39 is 5.60 Å². The highest BCUT2D eigenvalue weighted by molar-refractivity contribution is 6.55. The van der Waals surface area contributed by atoms with Gasteiger partial charge in [0.05, 0.1) is 10.1 Å². The summed E-state index contributed by atoms with van der Waals surface area (Å²) in [7, 11) is 0. The molecule has 2 aromatic rings. The highest BCUT2D eigenvalue weighted by atomic mass is 35.5. The second kappa shape index (κ2) is 10.8. The third-order valence-electron chi connectivity index (χ3n) is 9.15. The molecule has 40 heavy (non-hydrogen) atoms. The van der Waals surface area contributed by atoms with Crippen LogP contribution in [0.4, 0.5) is 17.6 Å². The number of aromatic hydroxyl groups is 1. The van der Waals surface area contributed by atoms with Crippen molar-refractivity contribution in [2.75, 3.05) is 73.6 Å². The van der Waals surface area contributed by atoms with Crippen molar-refractivity contribution in [2.45, 2.75) is 59.0 Å². The third kappa shape index (κ3) is 4.86. The highest BCUT2D eigenvalue weighted by Crippen LogP contribution is 2.50. The smallest absolute Gasteiger partial charge is 0.229 e. The normalized spacial score (nSPS) is 23.7. The summed E-state index contributed by atoms with van der Waals surface area (Å²) in [6.07, 6.45) is 4.86. The van der Waals surface area contributed by atoms with Crippen LogP contribution in [0, 0.1) is 20.8 Å². The SMILES string of the molecule is Cc1c(C)c2c(c(C)c1O)C(Cl)=C(Cl)C(C)(CN1CCN(c3cc(N4CCCC4)nc(N4CCCC4)n3)CC1)O2. The monoisotopic (exact) mass is 586 g/mol. The van der Waals surface area contributed by atoms with E-state index in [0.29, 0.717) is 33.5 Å². The van der Waals surface area contributed by atoms with E-state index in [-0.39, 0.29) is 5.75 Å². The van der Waals surface area contributed by atoms with Crippen molar-refractivity contribution in [1.82, 2.24) is 14.9 Å². The molecule has 0 radical (unpaired) electrons. The van der Waals surface area contributed by atoms with E-state index in [9.17, 15) is 5.11 Å². The molecule has 0 aliphatic carbocycles. The summed E-state index contributed by atoms with van der Waals surface area (Å²) in [5.41, 5.74) is 2.31. The molecule has 1 aromatic heterocycles. The number of hydrogen-bond acceptors (Lipinski definition) is 8. The minimum atomic E-state index is -0.783. The molecule has 6 rings (SSSR count). The zero-order valence-electron chi connectivity index (χ0n) is 24.1. The molecule has 10 heteroatoms. The molecule has 1 atom stereocenters. The lowest BCUT2D eigenvalue weighted by molar-refractivity contribution is 0.0743. The summed E-state index contributed by atoms with van der Waals surface area (Å²) in [6, 6.07) is 2.19. The summed E-state index contributed by atoms with van der Waals surface area (Å²) in [6.45, 7) is 16.0. The lowest BCUT2D eigenvalue weighted by atomic mass is 9.91. The van der Waals surface area contributed by atoms with Gasteiger partial charge in [-0.05, 0) is 64.5 Å². The first kappa shape index (κ1) is 27.7. The van der Waals surface area contributed by atoms with Crippen molar-refractivity contribution < 1.29 is 9.84 Å². The summed E-state index contributed by atoms with van der Waals surface area (Å²) >= 11 is 13.7. The first-order valence-electron chi connectivity index (χ1n) is 14.6. The standard InChI is InChI=1S/C30H40Cl2N6O2/c1-19-20(2)27-24(21(3)26(19)39)25(31)28(32)30(4,40-27)18-35-13-15-37(16-14-35)23-17-22(36-9-5-6-10-36)33-29(34-23)38-11-7-8-12-38/h17,39H,5-16,18H2,1-4H3. The van der Waals surface area contributed by atoms with E-state index in [4.69, 9.17) is 37.9 Å². The number of anilines is 3. The first-order valence-corrected chi connectivity index (χ1v) is 15.4. The summed E-state index contributed by atoms with van der Waals surface area (Å²) < 4.78 is 6.64. The van der Waals surface area contributed by atoms with Gasteiger partial charge in [-0.25, -0.2) is 0 Å². The van der Waals surface area contributed by atoms with Gasteiger partial charge in [-0.15, -0.1) is 0 Å². The largest absolute Gasteiger partial charge is 0.507 e. The Morgan fingerprint density at radius 3 is 1.95 bits per heavy atom. The molecule has 1 aromatic carbocycles. The summed E-state index contributed by atoms with van der Waals surface area (Å²) in [4.78, 5) is 19.6. The van der Waals surface area contributed by atoms with Crippen molar-refractivity contribution in [2.24, 2.45) is 0 Å². The van der Waals surface area contributed by atoms with Gasteiger partial charge in [-0.3, -0.25) is 4.90 Å². The average Bonchev–Trinajstić information content (AvgIpc) is 3.69. The molecule has 0 bridgehead atoms. The number of phenolic OH excluding ortho intramolecular Hbond substituents is 1. The minimum Gasteiger partial charge on any atom is -0.507 e. The quantitative estimate of drug-likeness (QED) is 0.497. The van der Waals surface area contributed by atoms with Crippen LogP contribution in [0.15, 0.2) is 11.1 Å². The fourth-order valence-electron chi connectivity index (χ4n) is 6.51. The summed E-state index contributed by atoms with van der Waals surface area (Å²) in [5.74, 6) is 3.92. The molecule has 8 nitrogen and oxygen atoms in total. The van der Waals surface area contributed by atoms with Crippen molar-refractivity contribution in [3.05, 3.63) is 33.4 Å². The van der Waals surface area contributed by atoms with Crippen LogP contribution in [0.2, 0.25) is 0 Å². The summed E-state index contributed by atoms with van der Waals surface area (Å²) in [5, 5.41) is 11.6. The Bertz CT molecular complexity index is 1300. The molecule has 1 unspecified atom stereocenters. The molecule has 4 aliphatic rings. The molecule has 5 heterocycles. The van der Waals surface area contributed by atoms with Gasteiger partial charge in [-0.2, -0.15) is 9.97 Å². The van der Waals surface area contributed by atoms with E-state index in [1.54, 1.807) is 0 Å². The van der Waals surface area contributed by atoms with Crippen molar-refractivity contribution in [3.63, 3.8) is 0 Å². The van der Waals surface area contributed by atoms with E-state index in [0.717, 1.165) is 81.1 Å². The predicted octanol–water partition coefficient (Wildman–Crippen LogP) is 5.43. The minimum absolute atomic E-state index is 0.243. The number of rotatable bonds is 5. The topological polar surface area (TPSA) is 68.2 Å². The van der Waals surface area contributed by atoms with Crippen LogP contribution in [-0.2, 0) is 0 Å². The van der Waals surface area contributed by atoms with Crippen LogP contribution >= 0.6 is 23.2 Å². The second-order valence-corrected chi connectivity index (χ2v) is 12.7. The number of benzene rings is 1. The Balaban J connectivity index is 1.19. The third-order valence-corrected chi connectivity index (χ3v) is 10.2. The fourth-order valence-corrected chi connectivity index (χ4v) is 7.13. The molecule has 216 valence electrons. The fraction of sp³-hybridized carbons (Fsp3) is 0.600. The van der Waals surface area contributed by atoms with Gasteiger partial charge >= 0.3 is 0 Å². The Kier molecular flexibility index (Phi) is 7.47. The van der Waals surface area contributed by atoms with Crippen molar-refractivity contribution in [3.8, 4) is 11.5 Å². The van der Waals surface area contributed by atoms with Crippen LogP contribution in [0.3, 0.4) is 0 Å².